The van der Waals surface area contributed by atoms with Gasteiger partial charge in [0.05, 0.1) is 0 Å². The van der Waals surface area contributed by atoms with Crippen LogP contribution in [-0.4, -0.2) is 25.1 Å². The van der Waals surface area contributed by atoms with Gasteiger partial charge in [0.2, 0.25) is 10.0 Å². The number of aromatic nitrogens is 2. The normalized spacial score (nSPS) is 12.9. The molecule has 3 rings (SSSR count). The van der Waals surface area contributed by atoms with E-state index in [9.17, 15) is 12.8 Å². The number of sulfonamides is 1. The van der Waals surface area contributed by atoms with Gasteiger partial charge in [-0.1, -0.05) is 23.4 Å². The zero-order chi connectivity index (χ0) is 18.7. The summed E-state index contributed by atoms with van der Waals surface area (Å²) in [6.07, 6.45) is 1.63. The van der Waals surface area contributed by atoms with Crippen LogP contribution in [0.15, 0.2) is 58.1 Å². The van der Waals surface area contributed by atoms with Gasteiger partial charge in [0.25, 0.3) is 0 Å². The van der Waals surface area contributed by atoms with E-state index in [1.54, 1.807) is 44.3 Å². The molecule has 3 aromatic rings. The molecule has 0 aliphatic rings. The van der Waals surface area contributed by atoms with Crippen molar-refractivity contribution in [1.29, 1.82) is 0 Å². The van der Waals surface area contributed by atoms with Crippen molar-refractivity contribution in [2.45, 2.75) is 24.7 Å². The molecule has 0 fully saturated rings. The number of nitrogens with one attached hydrogen (secondary N) is 1. The van der Waals surface area contributed by atoms with Crippen LogP contribution in [0.5, 0.6) is 0 Å². The molecule has 0 amide bonds. The first-order valence-corrected chi connectivity index (χ1v) is 9.46. The van der Waals surface area contributed by atoms with Crippen LogP contribution in [0.25, 0.3) is 0 Å². The van der Waals surface area contributed by atoms with E-state index in [1.165, 1.54) is 12.1 Å². The number of nitrogens with zero attached hydrogens (tertiary/aromatic N) is 2. The van der Waals surface area contributed by atoms with Crippen LogP contribution in [0.2, 0.25) is 0 Å². The topological polar surface area (TPSA) is 85.1 Å². The van der Waals surface area contributed by atoms with Crippen molar-refractivity contribution in [2.75, 3.05) is 6.54 Å². The van der Waals surface area contributed by atoms with Crippen LogP contribution in [0.1, 0.15) is 28.6 Å². The lowest BCUT2D eigenvalue weighted by Gasteiger charge is -2.18. The van der Waals surface area contributed by atoms with Gasteiger partial charge < -0.3 is 4.52 Å². The molecule has 0 radical (unpaired) electrons. The highest BCUT2D eigenvalue weighted by Crippen LogP contribution is 2.24. The summed E-state index contributed by atoms with van der Waals surface area (Å²) in [6.45, 7) is 3.18. The molecular weight excluding hydrogens is 357 g/mol. The highest BCUT2D eigenvalue weighted by atomic mass is 32.2. The molecule has 2 aromatic heterocycles. The first-order valence-electron chi connectivity index (χ1n) is 7.97. The van der Waals surface area contributed by atoms with Crippen molar-refractivity contribution in [1.82, 2.24) is 14.9 Å². The second-order valence-electron chi connectivity index (χ2n) is 5.86. The summed E-state index contributed by atoms with van der Waals surface area (Å²) in [6, 6.07) is 11.3. The molecule has 1 N–H and O–H groups in total. The Morgan fingerprint density at radius 2 is 1.88 bits per heavy atom. The Kier molecular flexibility index (Phi) is 5.15. The van der Waals surface area contributed by atoms with E-state index in [0.29, 0.717) is 11.4 Å². The Morgan fingerprint density at radius 1 is 1.15 bits per heavy atom. The van der Waals surface area contributed by atoms with E-state index >= 15 is 0 Å². The Morgan fingerprint density at radius 3 is 2.46 bits per heavy atom. The summed E-state index contributed by atoms with van der Waals surface area (Å²) in [5.41, 5.74) is 1.73. The van der Waals surface area contributed by atoms with Crippen molar-refractivity contribution < 1.29 is 17.3 Å². The molecule has 0 saturated carbocycles. The molecule has 1 unspecified atom stereocenters. The summed E-state index contributed by atoms with van der Waals surface area (Å²) in [5, 5.41) is 3.69. The first-order chi connectivity index (χ1) is 12.4. The summed E-state index contributed by atoms with van der Waals surface area (Å²) < 4.78 is 46.1. The van der Waals surface area contributed by atoms with Gasteiger partial charge in [-0.15, -0.1) is 0 Å². The lowest BCUT2D eigenvalue weighted by molar-refractivity contribution is 0.390. The molecular formula is C18H18FN3O3S. The number of halogens is 1. The van der Waals surface area contributed by atoms with Gasteiger partial charge in [-0.3, -0.25) is 4.98 Å². The number of aryl methyl sites for hydroxylation is 2. The quantitative estimate of drug-likeness (QED) is 0.716. The Hall–Kier alpha value is -2.58. The van der Waals surface area contributed by atoms with Crippen LogP contribution in [0, 0.1) is 19.7 Å². The fourth-order valence-corrected chi connectivity index (χ4v) is 4.17. The molecule has 1 atom stereocenters. The van der Waals surface area contributed by atoms with Crippen molar-refractivity contribution >= 4 is 10.0 Å². The van der Waals surface area contributed by atoms with E-state index in [2.05, 4.69) is 14.9 Å². The fourth-order valence-electron chi connectivity index (χ4n) is 2.79. The molecule has 0 aliphatic heterocycles. The van der Waals surface area contributed by atoms with Crippen LogP contribution in [0.3, 0.4) is 0 Å². The Labute approximate surface area is 151 Å². The minimum Gasteiger partial charge on any atom is -0.360 e. The smallest absolute Gasteiger partial charge is 0.245 e. The third-order valence-corrected chi connectivity index (χ3v) is 5.70. The van der Waals surface area contributed by atoms with E-state index in [-0.39, 0.29) is 28.9 Å². The zero-order valence-electron chi connectivity index (χ0n) is 14.3. The molecule has 0 spiro atoms. The van der Waals surface area contributed by atoms with Crippen LogP contribution in [-0.2, 0) is 10.0 Å². The SMILES string of the molecule is Cc1noc(C)c1S(=O)(=O)NCC(c1ccc(F)cc1)c1ccccn1. The second kappa shape index (κ2) is 7.35. The van der Waals surface area contributed by atoms with Gasteiger partial charge in [-0.2, -0.15) is 0 Å². The van der Waals surface area contributed by atoms with Crippen molar-refractivity contribution in [3.8, 4) is 0 Å². The van der Waals surface area contributed by atoms with Crippen molar-refractivity contribution in [3.63, 3.8) is 0 Å². The van der Waals surface area contributed by atoms with E-state index < -0.39 is 10.0 Å². The molecule has 8 heteroatoms. The van der Waals surface area contributed by atoms with Gasteiger partial charge in [0.1, 0.15) is 16.4 Å². The first kappa shape index (κ1) is 18.2. The highest BCUT2D eigenvalue weighted by Gasteiger charge is 2.26. The average molecular weight is 375 g/mol. The van der Waals surface area contributed by atoms with E-state index in [4.69, 9.17) is 4.52 Å². The summed E-state index contributed by atoms with van der Waals surface area (Å²) in [7, 11) is -3.81. The van der Waals surface area contributed by atoms with Gasteiger partial charge in [0, 0.05) is 24.4 Å². The number of pyridine rings is 1. The predicted octanol–water partition coefficient (Wildman–Crippen LogP) is 2.94. The molecule has 0 saturated heterocycles. The number of hydrogen-bond donors (Lipinski definition) is 1. The minimum atomic E-state index is -3.81. The van der Waals surface area contributed by atoms with Crippen molar-refractivity contribution in [3.05, 3.63) is 77.2 Å². The van der Waals surface area contributed by atoms with Gasteiger partial charge in [-0.25, -0.2) is 17.5 Å². The average Bonchev–Trinajstić information content (AvgIpc) is 2.97. The monoisotopic (exact) mass is 375 g/mol. The molecule has 0 bridgehead atoms. The number of rotatable bonds is 6. The minimum absolute atomic E-state index is 0.0383. The second-order valence-corrected chi connectivity index (χ2v) is 7.57. The maximum absolute atomic E-state index is 13.3. The lowest BCUT2D eigenvalue weighted by atomic mass is 9.95. The van der Waals surface area contributed by atoms with Crippen LogP contribution < -0.4 is 4.72 Å². The molecule has 0 aliphatic carbocycles. The van der Waals surface area contributed by atoms with Gasteiger partial charge in [-0.05, 0) is 43.7 Å². The number of benzene rings is 1. The fraction of sp³-hybridized carbons (Fsp3) is 0.222. The Bertz CT molecular complexity index is 967. The summed E-state index contributed by atoms with van der Waals surface area (Å²) in [4.78, 5) is 4.36. The standard InChI is InChI=1S/C18H18FN3O3S/c1-12-18(13(2)25-22-12)26(23,24)21-11-16(17-5-3-4-10-20-17)14-6-8-15(19)9-7-14/h3-10,16,21H,11H2,1-2H3. The molecule has 136 valence electrons. The third-order valence-electron chi connectivity index (χ3n) is 4.03. The van der Waals surface area contributed by atoms with E-state index in [1.807, 2.05) is 6.07 Å². The molecule has 26 heavy (non-hydrogen) atoms. The van der Waals surface area contributed by atoms with E-state index in [0.717, 1.165) is 5.56 Å². The third kappa shape index (κ3) is 3.81. The highest BCUT2D eigenvalue weighted by molar-refractivity contribution is 7.89. The molecule has 6 nitrogen and oxygen atoms in total. The van der Waals surface area contributed by atoms with Crippen LogP contribution >= 0.6 is 0 Å². The zero-order valence-corrected chi connectivity index (χ0v) is 15.1. The van der Waals surface area contributed by atoms with Gasteiger partial charge in [0.15, 0.2) is 5.76 Å². The summed E-state index contributed by atoms with van der Waals surface area (Å²) in [5.74, 6) is -0.497. The van der Waals surface area contributed by atoms with Crippen molar-refractivity contribution in [2.24, 2.45) is 0 Å². The molecule has 1 aromatic carbocycles. The summed E-state index contributed by atoms with van der Waals surface area (Å²) >= 11 is 0. The van der Waals surface area contributed by atoms with Gasteiger partial charge >= 0.3 is 0 Å². The van der Waals surface area contributed by atoms with Crippen LogP contribution in [0.4, 0.5) is 4.39 Å². The largest absolute Gasteiger partial charge is 0.360 e. The maximum atomic E-state index is 13.3. The Balaban J connectivity index is 1.90. The predicted molar refractivity (Wildman–Crippen MR) is 93.6 cm³/mol. The molecule has 2 heterocycles. The lowest BCUT2D eigenvalue weighted by Crippen LogP contribution is -2.30. The number of hydrogen-bond acceptors (Lipinski definition) is 5. The maximum Gasteiger partial charge on any atom is 0.245 e.